The number of rotatable bonds is 4. The van der Waals surface area contributed by atoms with Crippen LogP contribution in [0.4, 0.5) is 10.1 Å². The first kappa shape index (κ1) is 18.7. The first-order valence-corrected chi connectivity index (χ1v) is 9.96. The predicted molar refractivity (Wildman–Crippen MR) is 107 cm³/mol. The van der Waals surface area contributed by atoms with E-state index in [1.165, 1.54) is 12.1 Å². The number of halogens is 1. The zero-order chi connectivity index (χ0) is 19.3. The summed E-state index contributed by atoms with van der Waals surface area (Å²) in [6.07, 6.45) is 2.39. The smallest absolute Gasteiger partial charge is 0.253 e. The molecule has 6 heteroatoms. The lowest BCUT2D eigenvalue weighted by Gasteiger charge is -2.36. The lowest BCUT2D eigenvalue weighted by atomic mass is 10.1. The van der Waals surface area contributed by atoms with Gasteiger partial charge in [-0.25, -0.2) is 4.39 Å². The normalized spacial score (nSPS) is 18.2. The lowest BCUT2D eigenvalue weighted by Crippen LogP contribution is -2.48. The molecule has 0 radical (unpaired) electrons. The molecule has 2 saturated heterocycles. The minimum Gasteiger partial charge on any atom is -0.490 e. The van der Waals surface area contributed by atoms with Crippen molar-refractivity contribution in [2.24, 2.45) is 0 Å². The average Bonchev–Trinajstić information content (AvgIpc) is 2.75. The number of anilines is 1. The van der Waals surface area contributed by atoms with E-state index < -0.39 is 0 Å². The number of nitrogens with zero attached hydrogens (tertiary/aromatic N) is 2. The molecule has 28 heavy (non-hydrogen) atoms. The predicted octanol–water partition coefficient (Wildman–Crippen LogP) is 2.92. The van der Waals surface area contributed by atoms with Gasteiger partial charge in [-0.1, -0.05) is 0 Å². The number of ether oxygens (including phenoxy) is 1. The van der Waals surface area contributed by atoms with E-state index in [1.54, 1.807) is 12.1 Å². The Balaban J connectivity index is 1.30. The molecule has 0 atom stereocenters. The molecule has 1 N–H and O–H groups in total. The van der Waals surface area contributed by atoms with Crippen LogP contribution in [-0.4, -0.2) is 56.2 Å². The summed E-state index contributed by atoms with van der Waals surface area (Å²) in [7, 11) is 0. The zero-order valence-corrected chi connectivity index (χ0v) is 15.9. The molecule has 2 heterocycles. The number of piperazine rings is 1. The van der Waals surface area contributed by atoms with Crippen LogP contribution in [0, 0.1) is 5.82 Å². The van der Waals surface area contributed by atoms with Crippen molar-refractivity contribution in [1.29, 1.82) is 0 Å². The third kappa shape index (κ3) is 4.44. The number of amides is 1. The molecule has 148 valence electrons. The summed E-state index contributed by atoms with van der Waals surface area (Å²) in [5.74, 6) is 0.556. The maximum absolute atomic E-state index is 13.0. The van der Waals surface area contributed by atoms with Crippen molar-refractivity contribution in [3.63, 3.8) is 0 Å². The van der Waals surface area contributed by atoms with Crippen molar-refractivity contribution in [1.82, 2.24) is 10.2 Å². The Bertz CT molecular complexity index is 780. The SMILES string of the molecule is O=C(c1ccc(F)cc1)N1CCN(c2ccc(OC3CCNCC3)cc2)CC1. The van der Waals surface area contributed by atoms with Crippen molar-refractivity contribution >= 4 is 11.6 Å². The minimum absolute atomic E-state index is 0.0367. The van der Waals surface area contributed by atoms with Crippen molar-refractivity contribution in [3.05, 3.63) is 59.9 Å². The number of carbonyl (C=O) groups is 1. The monoisotopic (exact) mass is 383 g/mol. The van der Waals surface area contributed by atoms with E-state index in [1.807, 2.05) is 17.0 Å². The Labute approximate surface area is 165 Å². The van der Waals surface area contributed by atoms with Crippen molar-refractivity contribution in [3.8, 4) is 5.75 Å². The van der Waals surface area contributed by atoms with Crippen molar-refractivity contribution in [2.75, 3.05) is 44.2 Å². The molecular weight excluding hydrogens is 357 g/mol. The van der Waals surface area contributed by atoms with Crippen molar-refractivity contribution < 1.29 is 13.9 Å². The molecule has 0 aromatic heterocycles. The minimum atomic E-state index is -0.325. The molecule has 0 unspecified atom stereocenters. The van der Waals surface area contributed by atoms with Gasteiger partial charge in [-0.15, -0.1) is 0 Å². The van der Waals surface area contributed by atoms with Gasteiger partial charge >= 0.3 is 0 Å². The summed E-state index contributed by atoms with van der Waals surface area (Å²) in [5.41, 5.74) is 1.68. The molecule has 0 saturated carbocycles. The van der Waals surface area contributed by atoms with E-state index >= 15 is 0 Å². The van der Waals surface area contributed by atoms with E-state index in [-0.39, 0.29) is 11.7 Å². The average molecular weight is 383 g/mol. The number of hydrogen-bond acceptors (Lipinski definition) is 4. The van der Waals surface area contributed by atoms with E-state index in [2.05, 4.69) is 22.3 Å². The van der Waals surface area contributed by atoms with Crippen LogP contribution >= 0.6 is 0 Å². The van der Waals surface area contributed by atoms with Gasteiger partial charge in [-0.3, -0.25) is 4.79 Å². The summed E-state index contributed by atoms with van der Waals surface area (Å²) in [6.45, 7) is 4.91. The Morgan fingerprint density at radius 1 is 0.929 bits per heavy atom. The standard InChI is InChI=1S/C22H26FN3O2/c23-18-3-1-17(2-4-18)22(27)26-15-13-25(14-16-26)19-5-7-20(8-6-19)28-21-9-11-24-12-10-21/h1-8,21,24H,9-16H2. The van der Waals surface area contributed by atoms with E-state index in [0.29, 0.717) is 24.8 Å². The fourth-order valence-corrected chi connectivity index (χ4v) is 3.78. The summed E-state index contributed by atoms with van der Waals surface area (Å²) in [5, 5.41) is 3.35. The van der Waals surface area contributed by atoms with Gasteiger partial charge in [0, 0.05) is 37.4 Å². The third-order valence-corrected chi connectivity index (χ3v) is 5.45. The van der Waals surface area contributed by atoms with Crippen LogP contribution in [0.25, 0.3) is 0 Å². The highest BCUT2D eigenvalue weighted by Gasteiger charge is 2.22. The molecule has 0 spiro atoms. The number of nitrogens with one attached hydrogen (secondary N) is 1. The summed E-state index contributed by atoms with van der Waals surface area (Å²) in [6, 6.07) is 14.0. The van der Waals surface area contributed by atoms with Crippen LogP contribution in [0.1, 0.15) is 23.2 Å². The van der Waals surface area contributed by atoms with Gasteiger partial charge in [-0.05, 0) is 74.5 Å². The largest absolute Gasteiger partial charge is 0.490 e. The Kier molecular flexibility index (Phi) is 5.76. The second-order valence-corrected chi connectivity index (χ2v) is 7.35. The highest BCUT2D eigenvalue weighted by Crippen LogP contribution is 2.23. The fraction of sp³-hybridized carbons (Fsp3) is 0.409. The van der Waals surface area contributed by atoms with Gasteiger partial charge < -0.3 is 19.9 Å². The molecule has 0 aliphatic carbocycles. The highest BCUT2D eigenvalue weighted by atomic mass is 19.1. The molecule has 5 nitrogen and oxygen atoms in total. The number of piperidine rings is 1. The maximum Gasteiger partial charge on any atom is 0.253 e. The molecule has 2 aromatic carbocycles. The van der Waals surface area contributed by atoms with Crippen LogP contribution in [0.3, 0.4) is 0 Å². The number of hydrogen-bond donors (Lipinski definition) is 1. The maximum atomic E-state index is 13.0. The van der Waals surface area contributed by atoms with Gasteiger partial charge in [0.15, 0.2) is 0 Å². The van der Waals surface area contributed by atoms with Gasteiger partial charge in [0.25, 0.3) is 5.91 Å². The van der Waals surface area contributed by atoms with Crippen LogP contribution in [-0.2, 0) is 0 Å². The second kappa shape index (κ2) is 8.61. The molecule has 2 fully saturated rings. The van der Waals surface area contributed by atoms with Gasteiger partial charge in [-0.2, -0.15) is 0 Å². The number of benzene rings is 2. The Hall–Kier alpha value is -2.60. The fourth-order valence-electron chi connectivity index (χ4n) is 3.78. The zero-order valence-electron chi connectivity index (χ0n) is 15.9. The topological polar surface area (TPSA) is 44.8 Å². The van der Waals surface area contributed by atoms with Crippen LogP contribution < -0.4 is 15.0 Å². The van der Waals surface area contributed by atoms with E-state index in [9.17, 15) is 9.18 Å². The van der Waals surface area contributed by atoms with Gasteiger partial charge in [0.1, 0.15) is 17.7 Å². The summed E-state index contributed by atoms with van der Waals surface area (Å²) < 4.78 is 19.1. The van der Waals surface area contributed by atoms with Crippen LogP contribution in [0.15, 0.2) is 48.5 Å². The molecule has 2 aromatic rings. The summed E-state index contributed by atoms with van der Waals surface area (Å²) >= 11 is 0. The van der Waals surface area contributed by atoms with Gasteiger partial charge in [0.2, 0.25) is 0 Å². The quantitative estimate of drug-likeness (QED) is 0.882. The van der Waals surface area contributed by atoms with E-state index in [4.69, 9.17) is 4.74 Å². The third-order valence-electron chi connectivity index (χ3n) is 5.45. The molecule has 2 aliphatic heterocycles. The lowest BCUT2D eigenvalue weighted by molar-refractivity contribution is 0.0746. The second-order valence-electron chi connectivity index (χ2n) is 7.35. The first-order chi connectivity index (χ1) is 13.7. The molecule has 2 aliphatic rings. The Morgan fingerprint density at radius 3 is 2.21 bits per heavy atom. The molecular formula is C22H26FN3O2. The Morgan fingerprint density at radius 2 is 1.57 bits per heavy atom. The van der Waals surface area contributed by atoms with Crippen LogP contribution in [0.2, 0.25) is 0 Å². The molecule has 4 rings (SSSR count). The molecule has 1 amide bonds. The highest BCUT2D eigenvalue weighted by molar-refractivity contribution is 5.94. The van der Waals surface area contributed by atoms with Crippen LogP contribution in [0.5, 0.6) is 5.75 Å². The molecule has 0 bridgehead atoms. The first-order valence-electron chi connectivity index (χ1n) is 9.96. The van der Waals surface area contributed by atoms with Crippen molar-refractivity contribution in [2.45, 2.75) is 18.9 Å². The van der Waals surface area contributed by atoms with E-state index in [0.717, 1.165) is 50.5 Å². The summed E-state index contributed by atoms with van der Waals surface area (Å²) in [4.78, 5) is 16.7. The van der Waals surface area contributed by atoms with Gasteiger partial charge in [0.05, 0.1) is 0 Å². The number of carbonyl (C=O) groups excluding carboxylic acids is 1.